The maximum absolute atomic E-state index is 11.4. The molecule has 0 aliphatic rings. The third-order valence-corrected chi connectivity index (χ3v) is 2.39. The molecular weight excluding hydrogens is 184 g/mol. The highest BCUT2D eigenvalue weighted by molar-refractivity contribution is 7.14. The molecule has 3 nitrogen and oxygen atoms in total. The molecule has 0 saturated carbocycles. The highest BCUT2D eigenvalue weighted by Gasteiger charge is 2.11. The maximum atomic E-state index is 11.4. The van der Waals surface area contributed by atoms with Gasteiger partial charge in [-0.05, 0) is 13.0 Å². The van der Waals surface area contributed by atoms with Crippen LogP contribution in [0, 0.1) is 0 Å². The van der Waals surface area contributed by atoms with Crippen molar-refractivity contribution in [2.45, 2.75) is 6.92 Å². The summed E-state index contributed by atoms with van der Waals surface area (Å²) in [6, 6.07) is 0. The van der Waals surface area contributed by atoms with Gasteiger partial charge in [0, 0.05) is 25.2 Å². The van der Waals surface area contributed by atoms with Gasteiger partial charge >= 0.3 is 0 Å². The minimum atomic E-state index is -0.0410. The van der Waals surface area contributed by atoms with E-state index in [1.807, 2.05) is 19.1 Å². The SMILES string of the molecule is C/C=C\c1cnc(C(=O)N(C)C)s1. The molecule has 1 aromatic rings. The van der Waals surface area contributed by atoms with Gasteiger partial charge in [0.25, 0.3) is 5.91 Å². The highest BCUT2D eigenvalue weighted by Crippen LogP contribution is 2.15. The second-order valence-corrected chi connectivity index (χ2v) is 3.83. The lowest BCUT2D eigenvalue weighted by Gasteiger charge is -2.05. The van der Waals surface area contributed by atoms with Crippen molar-refractivity contribution in [3.8, 4) is 0 Å². The van der Waals surface area contributed by atoms with Gasteiger partial charge in [0.15, 0.2) is 5.01 Å². The number of nitrogens with zero attached hydrogens (tertiary/aromatic N) is 2. The maximum Gasteiger partial charge on any atom is 0.282 e. The molecule has 0 fully saturated rings. The average molecular weight is 196 g/mol. The van der Waals surface area contributed by atoms with Crippen LogP contribution >= 0.6 is 11.3 Å². The van der Waals surface area contributed by atoms with Crippen LogP contribution in [0.25, 0.3) is 6.08 Å². The minimum absolute atomic E-state index is 0.0410. The Morgan fingerprint density at radius 1 is 1.62 bits per heavy atom. The van der Waals surface area contributed by atoms with E-state index in [9.17, 15) is 4.79 Å². The summed E-state index contributed by atoms with van der Waals surface area (Å²) in [6.45, 7) is 1.94. The third-order valence-electron chi connectivity index (χ3n) is 1.44. The van der Waals surface area contributed by atoms with Crippen LogP contribution < -0.4 is 0 Å². The first-order chi connectivity index (χ1) is 6.15. The molecule has 0 spiro atoms. The summed E-state index contributed by atoms with van der Waals surface area (Å²) >= 11 is 1.40. The summed E-state index contributed by atoms with van der Waals surface area (Å²) < 4.78 is 0. The van der Waals surface area contributed by atoms with E-state index in [0.717, 1.165) is 4.88 Å². The molecule has 0 atom stereocenters. The first-order valence-electron chi connectivity index (χ1n) is 3.95. The van der Waals surface area contributed by atoms with Crippen molar-refractivity contribution >= 4 is 23.3 Å². The van der Waals surface area contributed by atoms with Crippen LogP contribution in [0.1, 0.15) is 21.6 Å². The topological polar surface area (TPSA) is 33.2 Å². The van der Waals surface area contributed by atoms with Crippen LogP contribution in [0.15, 0.2) is 12.3 Å². The molecule has 13 heavy (non-hydrogen) atoms. The lowest BCUT2D eigenvalue weighted by molar-refractivity contribution is 0.0827. The van der Waals surface area contributed by atoms with Gasteiger partial charge in [0.1, 0.15) is 0 Å². The lowest BCUT2D eigenvalue weighted by Crippen LogP contribution is -2.21. The molecule has 0 unspecified atom stereocenters. The van der Waals surface area contributed by atoms with Crippen LogP contribution in [0.5, 0.6) is 0 Å². The smallest absolute Gasteiger partial charge is 0.282 e. The minimum Gasteiger partial charge on any atom is -0.343 e. The quantitative estimate of drug-likeness (QED) is 0.723. The third kappa shape index (κ3) is 2.39. The Balaban J connectivity index is 2.85. The Hall–Kier alpha value is -1.16. The fraction of sp³-hybridized carbons (Fsp3) is 0.333. The van der Waals surface area contributed by atoms with E-state index in [1.54, 1.807) is 20.3 Å². The van der Waals surface area contributed by atoms with Gasteiger partial charge in [-0.2, -0.15) is 0 Å². The van der Waals surface area contributed by atoms with E-state index in [0.29, 0.717) is 5.01 Å². The first kappa shape index (κ1) is 9.92. The largest absolute Gasteiger partial charge is 0.343 e. The predicted octanol–water partition coefficient (Wildman–Crippen LogP) is 1.88. The van der Waals surface area contributed by atoms with E-state index < -0.39 is 0 Å². The van der Waals surface area contributed by atoms with Gasteiger partial charge < -0.3 is 4.90 Å². The Bertz CT molecular complexity index is 328. The van der Waals surface area contributed by atoms with E-state index in [1.165, 1.54) is 16.2 Å². The molecule has 1 amide bonds. The highest BCUT2D eigenvalue weighted by atomic mass is 32.1. The molecule has 1 aromatic heterocycles. The number of thiazole rings is 1. The van der Waals surface area contributed by atoms with Crippen molar-refractivity contribution in [3.63, 3.8) is 0 Å². The Morgan fingerprint density at radius 3 is 2.85 bits per heavy atom. The van der Waals surface area contributed by atoms with Gasteiger partial charge in [-0.3, -0.25) is 4.79 Å². The number of rotatable bonds is 2. The van der Waals surface area contributed by atoms with Gasteiger partial charge in [-0.15, -0.1) is 11.3 Å². The molecule has 0 N–H and O–H groups in total. The van der Waals surface area contributed by atoms with Crippen molar-refractivity contribution in [3.05, 3.63) is 22.2 Å². The second-order valence-electron chi connectivity index (χ2n) is 2.77. The Kier molecular flexibility index (Phi) is 3.19. The number of amides is 1. The number of carbonyl (C=O) groups is 1. The van der Waals surface area contributed by atoms with Crippen molar-refractivity contribution < 1.29 is 4.79 Å². The van der Waals surface area contributed by atoms with Gasteiger partial charge in [-0.25, -0.2) is 4.98 Å². The summed E-state index contributed by atoms with van der Waals surface area (Å²) in [6.07, 6.45) is 5.57. The molecule has 1 heterocycles. The van der Waals surface area contributed by atoms with Crippen LogP contribution in [-0.4, -0.2) is 29.9 Å². The zero-order valence-corrected chi connectivity index (χ0v) is 8.76. The summed E-state index contributed by atoms with van der Waals surface area (Å²) in [4.78, 5) is 18.0. The summed E-state index contributed by atoms with van der Waals surface area (Å²) in [5.41, 5.74) is 0. The molecule has 70 valence electrons. The van der Waals surface area contributed by atoms with Crippen LogP contribution in [-0.2, 0) is 0 Å². The second kappa shape index (κ2) is 4.18. The monoisotopic (exact) mass is 196 g/mol. The number of hydrogen-bond donors (Lipinski definition) is 0. The van der Waals surface area contributed by atoms with Gasteiger partial charge in [0.2, 0.25) is 0 Å². The Morgan fingerprint density at radius 2 is 2.31 bits per heavy atom. The summed E-state index contributed by atoms with van der Waals surface area (Å²) in [7, 11) is 3.44. The zero-order chi connectivity index (χ0) is 9.84. The average Bonchev–Trinajstić information content (AvgIpc) is 2.52. The van der Waals surface area contributed by atoms with Crippen LogP contribution in [0.2, 0.25) is 0 Å². The standard InChI is InChI=1S/C9H12N2OS/c1-4-5-7-6-10-8(13-7)9(12)11(2)3/h4-6H,1-3H3/b5-4-. The van der Waals surface area contributed by atoms with Crippen molar-refractivity contribution in [2.24, 2.45) is 0 Å². The van der Waals surface area contributed by atoms with Gasteiger partial charge in [0.05, 0.1) is 0 Å². The van der Waals surface area contributed by atoms with Crippen LogP contribution in [0.4, 0.5) is 0 Å². The van der Waals surface area contributed by atoms with Crippen molar-refractivity contribution in [1.29, 1.82) is 0 Å². The number of aromatic nitrogens is 1. The molecule has 0 saturated heterocycles. The Labute approximate surface area is 81.7 Å². The predicted molar refractivity (Wildman–Crippen MR) is 54.8 cm³/mol. The number of carbonyl (C=O) groups excluding carboxylic acids is 1. The van der Waals surface area contributed by atoms with Crippen molar-refractivity contribution in [1.82, 2.24) is 9.88 Å². The molecular formula is C9H12N2OS. The molecule has 1 rings (SSSR count). The molecule has 4 heteroatoms. The van der Waals surface area contributed by atoms with E-state index >= 15 is 0 Å². The summed E-state index contributed by atoms with van der Waals surface area (Å²) in [5, 5.41) is 0.540. The van der Waals surface area contributed by atoms with E-state index in [-0.39, 0.29) is 5.91 Å². The number of allylic oxidation sites excluding steroid dienone is 1. The molecule has 0 aromatic carbocycles. The van der Waals surface area contributed by atoms with Crippen molar-refractivity contribution in [2.75, 3.05) is 14.1 Å². The molecule has 0 aliphatic carbocycles. The normalized spacial score (nSPS) is 10.7. The number of hydrogen-bond acceptors (Lipinski definition) is 3. The van der Waals surface area contributed by atoms with E-state index in [4.69, 9.17) is 0 Å². The summed E-state index contributed by atoms with van der Waals surface area (Å²) in [5.74, 6) is -0.0410. The van der Waals surface area contributed by atoms with Crippen LogP contribution in [0.3, 0.4) is 0 Å². The van der Waals surface area contributed by atoms with E-state index in [2.05, 4.69) is 4.98 Å². The first-order valence-corrected chi connectivity index (χ1v) is 4.77. The lowest BCUT2D eigenvalue weighted by atomic mass is 10.5. The zero-order valence-electron chi connectivity index (χ0n) is 7.94. The molecule has 0 bridgehead atoms. The fourth-order valence-electron chi connectivity index (χ4n) is 0.818. The molecule has 0 aliphatic heterocycles. The van der Waals surface area contributed by atoms with Gasteiger partial charge in [-0.1, -0.05) is 6.08 Å². The molecule has 0 radical (unpaired) electrons. The fourth-order valence-corrected chi connectivity index (χ4v) is 1.73.